The van der Waals surface area contributed by atoms with Gasteiger partial charge in [-0.25, -0.2) is 0 Å². The molecule has 1 fully saturated rings. The summed E-state index contributed by atoms with van der Waals surface area (Å²) in [7, 11) is 0. The molecule has 0 bridgehead atoms. The van der Waals surface area contributed by atoms with Crippen LogP contribution in [0.5, 0.6) is 0 Å². The van der Waals surface area contributed by atoms with Crippen molar-refractivity contribution in [1.29, 1.82) is 0 Å². The first-order valence-corrected chi connectivity index (χ1v) is 10.1. The van der Waals surface area contributed by atoms with Crippen LogP contribution in [0.3, 0.4) is 0 Å². The highest BCUT2D eigenvalue weighted by molar-refractivity contribution is 7.14. The molecule has 0 aromatic carbocycles. The number of piperidine rings is 1. The quantitative estimate of drug-likeness (QED) is 0.518. The molecular formula is C19H25NOS2. The van der Waals surface area contributed by atoms with E-state index in [2.05, 4.69) is 41.6 Å². The molecule has 0 saturated carbocycles. The fourth-order valence-corrected chi connectivity index (χ4v) is 4.96. The van der Waals surface area contributed by atoms with Gasteiger partial charge in [0.25, 0.3) is 0 Å². The van der Waals surface area contributed by atoms with Gasteiger partial charge in [0, 0.05) is 21.9 Å². The number of likely N-dealkylation sites (tertiary alicyclic amines) is 1. The Bertz CT molecular complexity index is 608. The Hall–Kier alpha value is -1.10. The van der Waals surface area contributed by atoms with Gasteiger partial charge < -0.3 is 4.74 Å². The molecule has 0 spiro atoms. The van der Waals surface area contributed by atoms with E-state index in [9.17, 15) is 0 Å². The zero-order valence-corrected chi connectivity index (χ0v) is 15.6. The molecule has 3 rings (SSSR count). The van der Waals surface area contributed by atoms with Crippen LogP contribution in [0.15, 0.2) is 29.2 Å². The Kier molecular flexibility index (Phi) is 5.92. The van der Waals surface area contributed by atoms with Crippen LogP contribution in [-0.2, 0) is 4.74 Å². The third-order valence-corrected chi connectivity index (χ3v) is 6.49. The minimum absolute atomic E-state index is 0.776. The lowest BCUT2D eigenvalue weighted by Gasteiger charge is -2.25. The Morgan fingerprint density at radius 2 is 1.65 bits per heavy atom. The van der Waals surface area contributed by atoms with E-state index >= 15 is 0 Å². The topological polar surface area (TPSA) is 12.5 Å². The fraction of sp³-hybridized carbons (Fsp3) is 0.474. The SMILES string of the molecule is Cc1ccsc1C(=COCCN1CCCCC1)c1sccc1C. The molecule has 0 radical (unpaired) electrons. The van der Waals surface area contributed by atoms with E-state index in [1.54, 1.807) is 22.7 Å². The maximum atomic E-state index is 5.97. The number of thiophene rings is 2. The lowest BCUT2D eigenvalue weighted by atomic mass is 10.1. The van der Waals surface area contributed by atoms with Gasteiger partial charge >= 0.3 is 0 Å². The van der Waals surface area contributed by atoms with Gasteiger partial charge in [-0.15, -0.1) is 22.7 Å². The van der Waals surface area contributed by atoms with Gasteiger partial charge in [-0.2, -0.15) is 0 Å². The summed E-state index contributed by atoms with van der Waals surface area (Å²) in [5.41, 5.74) is 3.89. The lowest BCUT2D eigenvalue weighted by molar-refractivity contribution is 0.160. The van der Waals surface area contributed by atoms with E-state index in [4.69, 9.17) is 4.74 Å². The highest BCUT2D eigenvalue weighted by atomic mass is 32.1. The van der Waals surface area contributed by atoms with Gasteiger partial charge in [0.2, 0.25) is 0 Å². The second kappa shape index (κ2) is 8.13. The molecule has 0 aliphatic carbocycles. The van der Waals surface area contributed by atoms with Crippen LogP contribution < -0.4 is 0 Å². The normalized spacial score (nSPS) is 15.6. The molecule has 23 heavy (non-hydrogen) atoms. The van der Waals surface area contributed by atoms with E-state index in [1.807, 2.05) is 6.26 Å². The standard InChI is InChI=1S/C19H25NOS2/c1-15-6-12-22-18(15)17(19-16(2)7-13-23-19)14-21-11-10-20-8-4-3-5-9-20/h6-7,12-14H,3-5,8-11H2,1-2H3. The average molecular weight is 348 g/mol. The molecule has 2 nitrogen and oxygen atoms in total. The van der Waals surface area contributed by atoms with E-state index in [0.29, 0.717) is 0 Å². The average Bonchev–Trinajstić information content (AvgIpc) is 3.18. The number of hydrogen-bond acceptors (Lipinski definition) is 4. The van der Waals surface area contributed by atoms with Gasteiger partial charge in [0.15, 0.2) is 0 Å². The first-order chi connectivity index (χ1) is 11.3. The van der Waals surface area contributed by atoms with Crippen molar-refractivity contribution in [3.63, 3.8) is 0 Å². The minimum Gasteiger partial charge on any atom is -0.499 e. The van der Waals surface area contributed by atoms with E-state index in [-0.39, 0.29) is 0 Å². The predicted octanol–water partition coefficient (Wildman–Crippen LogP) is 5.32. The molecule has 1 aliphatic rings. The van der Waals surface area contributed by atoms with E-state index in [0.717, 1.165) is 13.2 Å². The van der Waals surface area contributed by atoms with Gasteiger partial charge in [0.05, 0.1) is 6.26 Å². The van der Waals surface area contributed by atoms with Gasteiger partial charge in [0.1, 0.15) is 6.61 Å². The number of aryl methyl sites for hydroxylation is 2. The van der Waals surface area contributed by atoms with Crippen LogP contribution in [0.1, 0.15) is 40.1 Å². The van der Waals surface area contributed by atoms with Crippen molar-refractivity contribution < 1.29 is 4.74 Å². The molecule has 3 heterocycles. The summed E-state index contributed by atoms with van der Waals surface area (Å²) in [5, 5.41) is 4.32. The van der Waals surface area contributed by atoms with Crippen LogP contribution in [0.2, 0.25) is 0 Å². The molecule has 0 unspecified atom stereocenters. The van der Waals surface area contributed by atoms with Crippen LogP contribution >= 0.6 is 22.7 Å². The summed E-state index contributed by atoms with van der Waals surface area (Å²) >= 11 is 3.60. The van der Waals surface area contributed by atoms with Crippen LogP contribution in [0.25, 0.3) is 5.57 Å². The third kappa shape index (κ3) is 4.25. The largest absolute Gasteiger partial charge is 0.499 e. The van der Waals surface area contributed by atoms with Crippen molar-refractivity contribution in [2.75, 3.05) is 26.2 Å². The molecule has 2 aromatic heterocycles. The lowest BCUT2D eigenvalue weighted by Crippen LogP contribution is -2.32. The fourth-order valence-electron chi connectivity index (χ4n) is 3.01. The predicted molar refractivity (Wildman–Crippen MR) is 101 cm³/mol. The molecule has 1 aliphatic heterocycles. The van der Waals surface area contributed by atoms with Gasteiger partial charge in [-0.1, -0.05) is 6.42 Å². The molecule has 4 heteroatoms. The molecular weight excluding hydrogens is 322 g/mol. The molecule has 0 N–H and O–H groups in total. The number of hydrogen-bond donors (Lipinski definition) is 0. The van der Waals surface area contributed by atoms with Crippen molar-refractivity contribution >= 4 is 28.2 Å². The maximum absolute atomic E-state index is 5.97. The Morgan fingerprint density at radius 1 is 1.04 bits per heavy atom. The van der Waals surface area contributed by atoms with Crippen LogP contribution in [0, 0.1) is 13.8 Å². The van der Waals surface area contributed by atoms with Gasteiger partial charge in [-0.05, 0) is 73.8 Å². The van der Waals surface area contributed by atoms with Crippen molar-refractivity contribution in [2.45, 2.75) is 33.1 Å². The minimum atomic E-state index is 0.776. The zero-order valence-electron chi connectivity index (χ0n) is 14.0. The summed E-state index contributed by atoms with van der Waals surface area (Å²) in [4.78, 5) is 5.17. The molecule has 0 atom stereocenters. The summed E-state index contributed by atoms with van der Waals surface area (Å²) in [6.45, 7) is 8.63. The smallest absolute Gasteiger partial charge is 0.100 e. The second-order valence-electron chi connectivity index (χ2n) is 6.17. The Labute approximate surface area is 147 Å². The van der Waals surface area contributed by atoms with E-state index in [1.165, 1.54) is 58.8 Å². The molecule has 124 valence electrons. The van der Waals surface area contributed by atoms with E-state index < -0.39 is 0 Å². The first-order valence-electron chi connectivity index (χ1n) is 8.39. The molecule has 1 saturated heterocycles. The highest BCUT2D eigenvalue weighted by Gasteiger charge is 2.14. The molecule has 2 aromatic rings. The monoisotopic (exact) mass is 347 g/mol. The Balaban J connectivity index is 1.68. The van der Waals surface area contributed by atoms with Crippen molar-refractivity contribution in [3.8, 4) is 0 Å². The van der Waals surface area contributed by atoms with Crippen LogP contribution in [0.4, 0.5) is 0 Å². The number of nitrogens with zero attached hydrogens (tertiary/aromatic N) is 1. The number of ether oxygens (including phenoxy) is 1. The third-order valence-electron chi connectivity index (χ3n) is 4.39. The summed E-state index contributed by atoms with van der Waals surface area (Å²) in [6.07, 6.45) is 6.05. The highest BCUT2D eigenvalue weighted by Crippen LogP contribution is 2.35. The zero-order chi connectivity index (χ0) is 16.1. The van der Waals surface area contributed by atoms with Crippen LogP contribution in [-0.4, -0.2) is 31.1 Å². The second-order valence-corrected chi connectivity index (χ2v) is 8.00. The van der Waals surface area contributed by atoms with Crippen molar-refractivity contribution in [3.05, 3.63) is 50.0 Å². The number of rotatable bonds is 6. The Morgan fingerprint density at radius 3 is 2.17 bits per heavy atom. The first kappa shape index (κ1) is 16.7. The van der Waals surface area contributed by atoms with Crippen molar-refractivity contribution in [2.24, 2.45) is 0 Å². The summed E-state index contributed by atoms with van der Waals surface area (Å²) in [6, 6.07) is 4.37. The molecule has 0 amide bonds. The van der Waals surface area contributed by atoms with Crippen molar-refractivity contribution in [1.82, 2.24) is 4.90 Å². The van der Waals surface area contributed by atoms with Gasteiger partial charge in [-0.3, -0.25) is 4.90 Å². The maximum Gasteiger partial charge on any atom is 0.100 e. The summed E-state index contributed by atoms with van der Waals surface area (Å²) < 4.78 is 5.97. The summed E-state index contributed by atoms with van der Waals surface area (Å²) in [5.74, 6) is 0.